The Hall–Kier alpha value is -0.940. The van der Waals surface area contributed by atoms with Crippen molar-refractivity contribution in [1.82, 2.24) is 4.98 Å². The molecule has 0 radical (unpaired) electrons. The molecule has 0 aromatic carbocycles. The summed E-state index contributed by atoms with van der Waals surface area (Å²) >= 11 is 4.47. The highest BCUT2D eigenvalue weighted by atomic mass is 32.1. The SMILES string of the molecule is CNc1cnccc1N1CC(N)C(C)C(C(C)CS)C1. The van der Waals surface area contributed by atoms with Crippen molar-refractivity contribution in [3.63, 3.8) is 0 Å². The fraction of sp³-hybridized carbons (Fsp3) is 0.667. The van der Waals surface area contributed by atoms with Crippen LogP contribution in [0.2, 0.25) is 0 Å². The topological polar surface area (TPSA) is 54.2 Å². The van der Waals surface area contributed by atoms with Gasteiger partial charge in [-0.25, -0.2) is 0 Å². The van der Waals surface area contributed by atoms with E-state index in [-0.39, 0.29) is 6.04 Å². The Morgan fingerprint density at radius 1 is 1.55 bits per heavy atom. The van der Waals surface area contributed by atoms with E-state index in [2.05, 4.69) is 47.7 Å². The van der Waals surface area contributed by atoms with Crippen molar-refractivity contribution in [3.05, 3.63) is 18.5 Å². The van der Waals surface area contributed by atoms with Crippen LogP contribution in [0.1, 0.15) is 13.8 Å². The van der Waals surface area contributed by atoms with Gasteiger partial charge in [-0.1, -0.05) is 13.8 Å². The molecule has 0 bridgehead atoms. The van der Waals surface area contributed by atoms with Crippen molar-refractivity contribution in [2.45, 2.75) is 19.9 Å². The zero-order valence-corrected chi connectivity index (χ0v) is 13.5. The van der Waals surface area contributed by atoms with Crippen LogP contribution in [-0.4, -0.2) is 36.9 Å². The lowest BCUT2D eigenvalue weighted by Gasteiger charge is -2.44. The van der Waals surface area contributed by atoms with Gasteiger partial charge in [-0.15, -0.1) is 0 Å². The van der Waals surface area contributed by atoms with E-state index in [1.54, 1.807) is 0 Å². The molecule has 112 valence electrons. The molecule has 2 heterocycles. The fourth-order valence-corrected chi connectivity index (χ4v) is 3.39. The van der Waals surface area contributed by atoms with E-state index in [1.165, 1.54) is 5.69 Å². The van der Waals surface area contributed by atoms with Crippen LogP contribution in [-0.2, 0) is 0 Å². The van der Waals surface area contributed by atoms with E-state index in [4.69, 9.17) is 5.73 Å². The largest absolute Gasteiger partial charge is 0.385 e. The Kier molecular flexibility index (Phi) is 5.16. The van der Waals surface area contributed by atoms with Gasteiger partial charge in [-0.3, -0.25) is 4.98 Å². The highest BCUT2D eigenvalue weighted by Crippen LogP contribution is 2.34. The summed E-state index contributed by atoms with van der Waals surface area (Å²) in [6.45, 7) is 6.49. The molecule has 3 N–H and O–H groups in total. The summed E-state index contributed by atoms with van der Waals surface area (Å²) in [5.41, 5.74) is 8.63. The van der Waals surface area contributed by atoms with Crippen LogP contribution >= 0.6 is 12.6 Å². The molecule has 0 saturated carbocycles. The van der Waals surface area contributed by atoms with Crippen molar-refractivity contribution >= 4 is 24.0 Å². The zero-order chi connectivity index (χ0) is 14.7. The average Bonchev–Trinajstić information content (AvgIpc) is 2.49. The molecule has 1 fully saturated rings. The maximum absolute atomic E-state index is 6.38. The minimum absolute atomic E-state index is 0.203. The van der Waals surface area contributed by atoms with Crippen LogP contribution < -0.4 is 16.0 Å². The van der Waals surface area contributed by atoms with Crippen LogP contribution in [0.5, 0.6) is 0 Å². The average molecular weight is 294 g/mol. The van der Waals surface area contributed by atoms with Gasteiger partial charge in [-0.2, -0.15) is 12.6 Å². The number of hydrogen-bond acceptors (Lipinski definition) is 5. The Bertz CT molecular complexity index is 440. The number of piperidine rings is 1. The summed E-state index contributed by atoms with van der Waals surface area (Å²) in [6, 6.07) is 2.27. The van der Waals surface area contributed by atoms with Gasteiger partial charge in [0.15, 0.2) is 0 Å². The Labute approximate surface area is 127 Å². The van der Waals surface area contributed by atoms with Gasteiger partial charge in [0.1, 0.15) is 0 Å². The Morgan fingerprint density at radius 3 is 2.95 bits per heavy atom. The van der Waals surface area contributed by atoms with Crippen LogP contribution in [0.4, 0.5) is 11.4 Å². The first-order valence-electron chi connectivity index (χ1n) is 7.31. The number of nitrogens with two attached hydrogens (primary N) is 1. The van der Waals surface area contributed by atoms with E-state index < -0.39 is 0 Å². The second kappa shape index (κ2) is 6.68. The molecule has 1 aromatic heterocycles. The third kappa shape index (κ3) is 3.04. The highest BCUT2D eigenvalue weighted by Gasteiger charge is 2.35. The molecular weight excluding hydrogens is 268 g/mol. The highest BCUT2D eigenvalue weighted by molar-refractivity contribution is 7.80. The molecule has 0 spiro atoms. The van der Waals surface area contributed by atoms with Gasteiger partial charge >= 0.3 is 0 Å². The number of nitrogens with one attached hydrogen (secondary N) is 1. The van der Waals surface area contributed by atoms with Gasteiger partial charge in [0.25, 0.3) is 0 Å². The third-order valence-corrected chi connectivity index (χ3v) is 5.22. The molecule has 4 atom stereocenters. The summed E-state index contributed by atoms with van der Waals surface area (Å²) in [5.74, 6) is 2.59. The first kappa shape index (κ1) is 15.4. The molecule has 5 heteroatoms. The first-order chi connectivity index (χ1) is 9.58. The number of anilines is 2. The number of rotatable bonds is 4. The molecule has 4 unspecified atom stereocenters. The fourth-order valence-electron chi connectivity index (χ4n) is 3.12. The van der Waals surface area contributed by atoms with Gasteiger partial charge in [0.2, 0.25) is 0 Å². The van der Waals surface area contributed by atoms with E-state index in [0.717, 1.165) is 24.5 Å². The van der Waals surface area contributed by atoms with Gasteiger partial charge < -0.3 is 16.0 Å². The number of nitrogens with zero attached hydrogens (tertiary/aromatic N) is 2. The van der Waals surface area contributed by atoms with Gasteiger partial charge in [0.05, 0.1) is 17.6 Å². The summed E-state index contributed by atoms with van der Waals surface area (Å²) in [7, 11) is 1.93. The van der Waals surface area contributed by atoms with Crippen molar-refractivity contribution in [3.8, 4) is 0 Å². The minimum Gasteiger partial charge on any atom is -0.385 e. The summed E-state index contributed by atoms with van der Waals surface area (Å²) < 4.78 is 0. The third-order valence-electron chi connectivity index (χ3n) is 4.64. The Morgan fingerprint density at radius 2 is 2.30 bits per heavy atom. The molecule has 4 nitrogen and oxygen atoms in total. The lowest BCUT2D eigenvalue weighted by Crippen LogP contribution is -2.54. The van der Waals surface area contributed by atoms with E-state index in [1.807, 2.05) is 19.4 Å². The van der Waals surface area contributed by atoms with Crippen molar-refractivity contribution in [1.29, 1.82) is 0 Å². The maximum Gasteiger partial charge on any atom is 0.0761 e. The quantitative estimate of drug-likeness (QED) is 0.744. The van der Waals surface area contributed by atoms with Crippen LogP contribution in [0.3, 0.4) is 0 Å². The van der Waals surface area contributed by atoms with Gasteiger partial charge in [-0.05, 0) is 29.6 Å². The smallest absolute Gasteiger partial charge is 0.0761 e. The summed E-state index contributed by atoms with van der Waals surface area (Å²) in [4.78, 5) is 6.57. The molecule has 1 saturated heterocycles. The van der Waals surface area contributed by atoms with Crippen LogP contribution in [0.25, 0.3) is 0 Å². The van der Waals surface area contributed by atoms with E-state index in [0.29, 0.717) is 17.8 Å². The molecule has 1 aromatic rings. The molecular formula is C15H26N4S. The second-order valence-corrected chi connectivity index (χ2v) is 6.26. The van der Waals surface area contributed by atoms with Crippen LogP contribution in [0.15, 0.2) is 18.5 Å². The molecule has 0 amide bonds. The van der Waals surface area contributed by atoms with Crippen molar-refractivity contribution in [2.75, 3.05) is 36.1 Å². The van der Waals surface area contributed by atoms with E-state index in [9.17, 15) is 0 Å². The van der Waals surface area contributed by atoms with Crippen molar-refractivity contribution < 1.29 is 0 Å². The molecule has 0 aliphatic carbocycles. The van der Waals surface area contributed by atoms with E-state index >= 15 is 0 Å². The van der Waals surface area contributed by atoms with Crippen molar-refractivity contribution in [2.24, 2.45) is 23.5 Å². The molecule has 1 aliphatic rings. The summed E-state index contributed by atoms with van der Waals surface area (Å²) in [5, 5.41) is 3.22. The normalized spacial score (nSPS) is 28.2. The maximum atomic E-state index is 6.38. The summed E-state index contributed by atoms with van der Waals surface area (Å²) in [6.07, 6.45) is 3.71. The number of pyridine rings is 1. The lowest BCUT2D eigenvalue weighted by molar-refractivity contribution is 0.210. The second-order valence-electron chi connectivity index (χ2n) is 5.89. The van der Waals surface area contributed by atoms with Crippen LogP contribution in [0, 0.1) is 17.8 Å². The Balaban J connectivity index is 2.24. The zero-order valence-electron chi connectivity index (χ0n) is 12.6. The molecule has 1 aliphatic heterocycles. The minimum atomic E-state index is 0.203. The number of thiol groups is 1. The standard InChI is InChI=1S/C15H26N4S/c1-10(9-20)12-7-19(8-13(16)11(12)2)15-4-5-18-6-14(15)17-3/h4-6,10-13,17,20H,7-9,16H2,1-3H3. The number of aromatic nitrogens is 1. The lowest BCUT2D eigenvalue weighted by atomic mass is 9.77. The monoisotopic (exact) mass is 294 g/mol. The number of hydrogen-bond donors (Lipinski definition) is 3. The predicted octanol–water partition coefficient (Wildman–Crippen LogP) is 2.09. The van der Waals surface area contributed by atoms with Gasteiger partial charge in [0, 0.05) is 32.4 Å². The molecule has 2 rings (SSSR count). The first-order valence-corrected chi connectivity index (χ1v) is 7.94. The molecule has 20 heavy (non-hydrogen) atoms. The predicted molar refractivity (Wildman–Crippen MR) is 89.6 cm³/mol.